The summed E-state index contributed by atoms with van der Waals surface area (Å²) in [5.41, 5.74) is 3.07. The van der Waals surface area contributed by atoms with Gasteiger partial charge in [-0.1, -0.05) is 36.4 Å². The van der Waals surface area contributed by atoms with Crippen molar-refractivity contribution in [3.8, 4) is 16.5 Å². The van der Waals surface area contributed by atoms with Crippen molar-refractivity contribution in [2.45, 2.75) is 13.8 Å². The molecule has 0 unspecified atom stereocenters. The summed E-state index contributed by atoms with van der Waals surface area (Å²) in [4.78, 5) is 14.0. The second kappa shape index (κ2) is 7.98. The number of hydrogen-bond acceptors (Lipinski definition) is 3. The molecule has 134 valence electrons. The summed E-state index contributed by atoms with van der Waals surface area (Å²) in [6.45, 7) is 3.80. The number of hydrogen-bond donors (Lipinski definition) is 1. The standard InChI is InChI=1S/C22H17FN2OS/c1-14-6-5-7-15(2)21(14)25-22(26)16(13-24)12-17-10-11-20(27-17)18-8-3-4-9-19(18)23/h3-12H,1-2H3,(H,25,26)/b16-12+. The van der Waals surface area contributed by atoms with Crippen molar-refractivity contribution in [3.63, 3.8) is 0 Å². The number of nitriles is 1. The number of aryl methyl sites for hydroxylation is 2. The van der Waals surface area contributed by atoms with Gasteiger partial charge in [0.05, 0.1) is 0 Å². The molecule has 1 aromatic heterocycles. The molecule has 3 aromatic rings. The van der Waals surface area contributed by atoms with Gasteiger partial charge in [-0.05, 0) is 49.2 Å². The van der Waals surface area contributed by atoms with Gasteiger partial charge in [0.2, 0.25) is 0 Å². The highest BCUT2D eigenvalue weighted by Gasteiger charge is 2.13. The van der Waals surface area contributed by atoms with Crippen molar-refractivity contribution in [2.75, 3.05) is 5.32 Å². The van der Waals surface area contributed by atoms with Gasteiger partial charge in [0.1, 0.15) is 17.5 Å². The summed E-state index contributed by atoms with van der Waals surface area (Å²) < 4.78 is 13.9. The number of benzene rings is 2. The Balaban J connectivity index is 1.86. The lowest BCUT2D eigenvalue weighted by Crippen LogP contribution is -2.15. The van der Waals surface area contributed by atoms with Gasteiger partial charge in [0, 0.05) is 21.0 Å². The zero-order valence-electron chi connectivity index (χ0n) is 14.9. The molecule has 1 amide bonds. The zero-order chi connectivity index (χ0) is 19.4. The molecule has 0 spiro atoms. The second-order valence-electron chi connectivity index (χ2n) is 6.07. The van der Waals surface area contributed by atoms with E-state index in [2.05, 4.69) is 5.32 Å². The molecule has 3 rings (SSSR count). The Labute approximate surface area is 161 Å². The van der Waals surface area contributed by atoms with Crippen LogP contribution in [0.2, 0.25) is 0 Å². The maximum atomic E-state index is 13.9. The maximum absolute atomic E-state index is 13.9. The van der Waals surface area contributed by atoms with Gasteiger partial charge in [-0.3, -0.25) is 4.79 Å². The Kier molecular flexibility index (Phi) is 5.49. The van der Waals surface area contributed by atoms with Crippen LogP contribution in [0.4, 0.5) is 10.1 Å². The molecule has 0 radical (unpaired) electrons. The normalized spacial score (nSPS) is 11.1. The van der Waals surface area contributed by atoms with E-state index >= 15 is 0 Å². The van der Waals surface area contributed by atoms with Gasteiger partial charge in [-0.25, -0.2) is 4.39 Å². The number of thiophene rings is 1. The summed E-state index contributed by atoms with van der Waals surface area (Å²) in [5, 5.41) is 12.2. The number of carbonyl (C=O) groups is 1. The van der Waals surface area contributed by atoms with Crippen LogP contribution in [0.5, 0.6) is 0 Å². The summed E-state index contributed by atoms with van der Waals surface area (Å²) in [6, 6.07) is 17.7. The fraction of sp³-hybridized carbons (Fsp3) is 0.0909. The lowest BCUT2D eigenvalue weighted by Gasteiger charge is -2.10. The van der Waals surface area contributed by atoms with E-state index in [4.69, 9.17) is 0 Å². The summed E-state index contributed by atoms with van der Waals surface area (Å²) >= 11 is 1.33. The SMILES string of the molecule is Cc1cccc(C)c1NC(=O)/C(C#N)=C/c1ccc(-c2ccccc2F)s1. The zero-order valence-corrected chi connectivity index (χ0v) is 15.7. The molecule has 0 saturated heterocycles. The van der Waals surface area contributed by atoms with E-state index in [1.54, 1.807) is 30.3 Å². The Hall–Kier alpha value is -3.23. The minimum atomic E-state index is -0.462. The largest absolute Gasteiger partial charge is 0.321 e. The molecule has 2 aromatic carbocycles. The fourth-order valence-electron chi connectivity index (χ4n) is 2.72. The van der Waals surface area contributed by atoms with Crippen LogP contribution in [-0.4, -0.2) is 5.91 Å². The number of nitrogens with one attached hydrogen (secondary N) is 1. The van der Waals surface area contributed by atoms with Crippen LogP contribution in [0.15, 0.2) is 60.2 Å². The first kappa shape index (κ1) is 18.6. The smallest absolute Gasteiger partial charge is 0.266 e. The monoisotopic (exact) mass is 376 g/mol. The van der Waals surface area contributed by atoms with Crippen LogP contribution < -0.4 is 5.32 Å². The molecule has 0 aliphatic carbocycles. The minimum Gasteiger partial charge on any atom is -0.321 e. The third-order valence-corrected chi connectivity index (χ3v) is 5.20. The lowest BCUT2D eigenvalue weighted by atomic mass is 10.1. The van der Waals surface area contributed by atoms with Gasteiger partial charge in [-0.2, -0.15) is 5.26 Å². The average Bonchev–Trinajstić information content (AvgIpc) is 3.11. The fourth-order valence-corrected chi connectivity index (χ4v) is 3.70. The van der Waals surface area contributed by atoms with E-state index in [9.17, 15) is 14.4 Å². The lowest BCUT2D eigenvalue weighted by molar-refractivity contribution is -0.112. The number of amides is 1. The van der Waals surface area contributed by atoms with Crippen molar-refractivity contribution in [3.05, 3.63) is 82.0 Å². The molecular weight excluding hydrogens is 359 g/mol. The van der Waals surface area contributed by atoms with Crippen molar-refractivity contribution in [2.24, 2.45) is 0 Å². The number of halogens is 1. The number of rotatable bonds is 4. The van der Waals surface area contributed by atoms with Gasteiger partial charge >= 0.3 is 0 Å². The van der Waals surface area contributed by atoms with E-state index in [1.807, 2.05) is 38.1 Å². The Morgan fingerprint density at radius 3 is 2.44 bits per heavy atom. The highest BCUT2D eigenvalue weighted by Crippen LogP contribution is 2.31. The van der Waals surface area contributed by atoms with Crippen LogP contribution in [0, 0.1) is 31.0 Å². The molecule has 0 atom stereocenters. The van der Waals surface area contributed by atoms with Crippen molar-refractivity contribution >= 4 is 29.0 Å². The van der Waals surface area contributed by atoms with Crippen LogP contribution in [0.3, 0.4) is 0 Å². The molecule has 1 N–H and O–H groups in total. The van der Waals surface area contributed by atoms with E-state index in [-0.39, 0.29) is 11.4 Å². The summed E-state index contributed by atoms with van der Waals surface area (Å²) in [6.07, 6.45) is 1.53. The summed E-state index contributed by atoms with van der Waals surface area (Å²) in [5.74, 6) is -0.765. The van der Waals surface area contributed by atoms with Crippen molar-refractivity contribution < 1.29 is 9.18 Å². The third kappa shape index (κ3) is 4.13. The number of para-hydroxylation sites is 1. The molecular formula is C22H17FN2OS. The molecule has 0 aliphatic rings. The number of nitrogens with zero attached hydrogens (tertiary/aromatic N) is 1. The highest BCUT2D eigenvalue weighted by atomic mass is 32.1. The molecule has 3 nitrogen and oxygen atoms in total. The van der Waals surface area contributed by atoms with E-state index in [1.165, 1.54) is 23.5 Å². The first-order valence-electron chi connectivity index (χ1n) is 8.33. The molecule has 5 heteroatoms. The minimum absolute atomic E-state index is 0.000383. The predicted octanol–water partition coefficient (Wildman–Crippen LogP) is 5.72. The van der Waals surface area contributed by atoms with E-state index in [0.29, 0.717) is 16.1 Å². The highest BCUT2D eigenvalue weighted by molar-refractivity contribution is 7.16. The average molecular weight is 376 g/mol. The Morgan fingerprint density at radius 2 is 1.78 bits per heavy atom. The quantitative estimate of drug-likeness (QED) is 0.468. The van der Waals surface area contributed by atoms with Crippen LogP contribution in [-0.2, 0) is 4.79 Å². The molecule has 1 heterocycles. The Morgan fingerprint density at radius 1 is 1.07 bits per heavy atom. The summed E-state index contributed by atoms with van der Waals surface area (Å²) in [7, 11) is 0. The molecule has 0 saturated carbocycles. The van der Waals surface area contributed by atoms with Crippen LogP contribution in [0.25, 0.3) is 16.5 Å². The number of anilines is 1. The van der Waals surface area contributed by atoms with E-state index < -0.39 is 5.91 Å². The maximum Gasteiger partial charge on any atom is 0.266 e. The van der Waals surface area contributed by atoms with Crippen molar-refractivity contribution in [1.29, 1.82) is 5.26 Å². The molecule has 27 heavy (non-hydrogen) atoms. The van der Waals surface area contributed by atoms with Gasteiger partial charge in [0.25, 0.3) is 5.91 Å². The third-order valence-electron chi connectivity index (χ3n) is 4.14. The second-order valence-corrected chi connectivity index (χ2v) is 7.19. The number of carbonyl (C=O) groups excluding carboxylic acids is 1. The molecule has 0 bridgehead atoms. The van der Waals surface area contributed by atoms with Gasteiger partial charge in [-0.15, -0.1) is 11.3 Å². The van der Waals surface area contributed by atoms with E-state index in [0.717, 1.165) is 16.0 Å². The van der Waals surface area contributed by atoms with Crippen LogP contribution >= 0.6 is 11.3 Å². The topological polar surface area (TPSA) is 52.9 Å². The molecule has 0 aliphatic heterocycles. The first-order valence-corrected chi connectivity index (χ1v) is 9.15. The predicted molar refractivity (Wildman–Crippen MR) is 108 cm³/mol. The molecule has 0 fully saturated rings. The Bertz CT molecular complexity index is 1060. The van der Waals surface area contributed by atoms with Gasteiger partial charge in [0.15, 0.2) is 0 Å². The van der Waals surface area contributed by atoms with Crippen LogP contribution in [0.1, 0.15) is 16.0 Å². The van der Waals surface area contributed by atoms with Gasteiger partial charge < -0.3 is 5.32 Å². The first-order chi connectivity index (χ1) is 13.0. The van der Waals surface area contributed by atoms with Crippen molar-refractivity contribution in [1.82, 2.24) is 0 Å².